The lowest BCUT2D eigenvalue weighted by Gasteiger charge is -2.09. The van der Waals surface area contributed by atoms with E-state index in [1.54, 1.807) is 7.11 Å². The molecule has 0 bridgehead atoms. The highest BCUT2D eigenvalue weighted by Crippen LogP contribution is 2.30. The van der Waals surface area contributed by atoms with Crippen LogP contribution in [0.15, 0.2) is 53.1 Å². The topological polar surface area (TPSA) is 66.0 Å². The molecular formula is C20H17ClN4O2. The van der Waals surface area contributed by atoms with Crippen LogP contribution in [0.4, 0.5) is 0 Å². The van der Waals surface area contributed by atoms with Gasteiger partial charge in [-0.25, -0.2) is 4.98 Å². The summed E-state index contributed by atoms with van der Waals surface area (Å²) in [7, 11) is 1.63. The summed E-state index contributed by atoms with van der Waals surface area (Å²) in [6.07, 6.45) is 0. The Hall–Kier alpha value is -3.12. The number of aryl methyl sites for hydroxylation is 1. The molecule has 2 aromatic heterocycles. The van der Waals surface area contributed by atoms with E-state index in [0.29, 0.717) is 22.4 Å². The molecule has 27 heavy (non-hydrogen) atoms. The van der Waals surface area contributed by atoms with Gasteiger partial charge in [0.1, 0.15) is 17.3 Å². The SMILES string of the molecule is COc1ccc(-c2noc(-c3nc(C)n(-c4ccccc4Cl)c3C)n2)cc1. The maximum absolute atomic E-state index is 6.36. The molecular weight excluding hydrogens is 364 g/mol. The first-order chi connectivity index (χ1) is 13.1. The largest absolute Gasteiger partial charge is 0.497 e. The van der Waals surface area contributed by atoms with Gasteiger partial charge in [-0.15, -0.1) is 0 Å². The Morgan fingerprint density at radius 1 is 1.00 bits per heavy atom. The number of imidazole rings is 1. The number of aromatic nitrogens is 4. The summed E-state index contributed by atoms with van der Waals surface area (Å²) < 4.78 is 12.6. The zero-order chi connectivity index (χ0) is 19.0. The van der Waals surface area contributed by atoms with Crippen molar-refractivity contribution in [2.45, 2.75) is 13.8 Å². The molecule has 136 valence electrons. The fourth-order valence-electron chi connectivity index (χ4n) is 3.01. The van der Waals surface area contributed by atoms with Gasteiger partial charge < -0.3 is 9.26 Å². The lowest BCUT2D eigenvalue weighted by molar-refractivity contribution is 0.414. The van der Waals surface area contributed by atoms with Crippen molar-refractivity contribution in [2.24, 2.45) is 0 Å². The van der Waals surface area contributed by atoms with Gasteiger partial charge in [0.15, 0.2) is 0 Å². The number of para-hydroxylation sites is 1. The second kappa shape index (κ2) is 6.89. The summed E-state index contributed by atoms with van der Waals surface area (Å²) in [4.78, 5) is 9.13. The van der Waals surface area contributed by atoms with E-state index in [4.69, 9.17) is 20.9 Å². The Balaban J connectivity index is 1.74. The molecule has 0 spiro atoms. The van der Waals surface area contributed by atoms with Crippen molar-refractivity contribution < 1.29 is 9.26 Å². The molecule has 4 rings (SSSR count). The smallest absolute Gasteiger partial charge is 0.278 e. The van der Waals surface area contributed by atoms with Crippen LogP contribution in [0, 0.1) is 13.8 Å². The number of benzene rings is 2. The van der Waals surface area contributed by atoms with Gasteiger partial charge in [-0.1, -0.05) is 28.9 Å². The number of methoxy groups -OCH3 is 1. The Kier molecular flexibility index (Phi) is 4.41. The van der Waals surface area contributed by atoms with Crippen LogP contribution in [0.2, 0.25) is 5.02 Å². The van der Waals surface area contributed by atoms with Crippen LogP contribution in [-0.2, 0) is 0 Å². The Labute approximate surface area is 161 Å². The van der Waals surface area contributed by atoms with Gasteiger partial charge in [0.05, 0.1) is 23.5 Å². The molecule has 4 aromatic rings. The Bertz CT molecular complexity index is 1100. The lowest BCUT2D eigenvalue weighted by Crippen LogP contribution is -2.00. The number of hydrogen-bond acceptors (Lipinski definition) is 5. The summed E-state index contributed by atoms with van der Waals surface area (Å²) in [5, 5.41) is 4.74. The molecule has 0 radical (unpaired) electrons. The Morgan fingerprint density at radius 2 is 1.74 bits per heavy atom. The predicted octanol–water partition coefficient (Wildman–Crippen LogP) is 4.87. The van der Waals surface area contributed by atoms with Crippen LogP contribution >= 0.6 is 11.6 Å². The van der Waals surface area contributed by atoms with Crippen LogP contribution in [0.1, 0.15) is 11.5 Å². The van der Waals surface area contributed by atoms with Crippen molar-refractivity contribution in [3.8, 4) is 34.4 Å². The van der Waals surface area contributed by atoms with Crippen LogP contribution in [-0.4, -0.2) is 26.8 Å². The lowest BCUT2D eigenvalue weighted by atomic mass is 10.2. The molecule has 2 heterocycles. The normalized spacial score (nSPS) is 11.0. The van der Waals surface area contributed by atoms with Crippen molar-refractivity contribution in [3.05, 3.63) is 65.1 Å². The summed E-state index contributed by atoms with van der Waals surface area (Å²) in [6, 6.07) is 15.1. The summed E-state index contributed by atoms with van der Waals surface area (Å²) in [5.74, 6) is 2.43. The molecule has 0 atom stereocenters. The molecule has 0 unspecified atom stereocenters. The number of nitrogens with zero attached hydrogens (tertiary/aromatic N) is 4. The third-order valence-electron chi connectivity index (χ3n) is 4.35. The summed E-state index contributed by atoms with van der Waals surface area (Å²) >= 11 is 6.36. The van der Waals surface area contributed by atoms with Crippen LogP contribution < -0.4 is 4.74 Å². The molecule has 0 fully saturated rings. The van der Waals surface area contributed by atoms with Gasteiger partial charge in [-0.3, -0.25) is 4.57 Å². The van der Waals surface area contributed by atoms with E-state index in [2.05, 4.69) is 15.1 Å². The average molecular weight is 381 g/mol. The first-order valence-corrected chi connectivity index (χ1v) is 8.75. The van der Waals surface area contributed by atoms with Crippen molar-refractivity contribution in [1.29, 1.82) is 0 Å². The van der Waals surface area contributed by atoms with E-state index < -0.39 is 0 Å². The molecule has 0 aliphatic carbocycles. The van der Waals surface area contributed by atoms with E-state index in [1.807, 2.05) is 66.9 Å². The second-order valence-electron chi connectivity index (χ2n) is 6.03. The summed E-state index contributed by atoms with van der Waals surface area (Å²) in [5.41, 5.74) is 3.22. The molecule has 6 nitrogen and oxygen atoms in total. The third kappa shape index (κ3) is 3.08. The van der Waals surface area contributed by atoms with Crippen molar-refractivity contribution in [2.75, 3.05) is 7.11 Å². The monoisotopic (exact) mass is 380 g/mol. The van der Waals surface area contributed by atoms with Crippen LogP contribution in [0.3, 0.4) is 0 Å². The third-order valence-corrected chi connectivity index (χ3v) is 4.67. The Morgan fingerprint density at radius 3 is 2.44 bits per heavy atom. The standard InChI is InChI=1S/C20H17ClN4O2/c1-12-18(22-13(2)25(12)17-7-5-4-6-16(17)21)20-23-19(24-27-20)14-8-10-15(26-3)11-9-14/h4-11H,1-3H3. The molecule has 0 aliphatic rings. The fraction of sp³-hybridized carbons (Fsp3) is 0.150. The first-order valence-electron chi connectivity index (χ1n) is 8.38. The van der Waals surface area contributed by atoms with Gasteiger partial charge in [-0.2, -0.15) is 4.98 Å². The van der Waals surface area contributed by atoms with Gasteiger partial charge in [0.2, 0.25) is 5.82 Å². The molecule has 0 saturated heterocycles. The molecule has 7 heteroatoms. The minimum absolute atomic E-state index is 0.368. The van der Waals surface area contributed by atoms with Crippen LogP contribution in [0.5, 0.6) is 5.75 Å². The zero-order valence-electron chi connectivity index (χ0n) is 15.1. The average Bonchev–Trinajstić information content (AvgIpc) is 3.27. The molecule has 0 N–H and O–H groups in total. The quantitative estimate of drug-likeness (QED) is 0.505. The van der Waals surface area contributed by atoms with Crippen molar-refractivity contribution in [1.82, 2.24) is 19.7 Å². The number of rotatable bonds is 4. The summed E-state index contributed by atoms with van der Waals surface area (Å²) in [6.45, 7) is 3.87. The number of halogens is 1. The van der Waals surface area contributed by atoms with Gasteiger partial charge in [0.25, 0.3) is 5.89 Å². The van der Waals surface area contributed by atoms with Gasteiger partial charge in [-0.05, 0) is 50.2 Å². The highest BCUT2D eigenvalue weighted by atomic mass is 35.5. The highest BCUT2D eigenvalue weighted by molar-refractivity contribution is 6.32. The van der Waals surface area contributed by atoms with Gasteiger partial charge in [0, 0.05) is 5.56 Å². The van der Waals surface area contributed by atoms with Gasteiger partial charge >= 0.3 is 0 Å². The highest BCUT2D eigenvalue weighted by Gasteiger charge is 2.20. The maximum Gasteiger partial charge on any atom is 0.278 e. The van der Waals surface area contributed by atoms with Crippen molar-refractivity contribution in [3.63, 3.8) is 0 Å². The molecule has 0 aliphatic heterocycles. The zero-order valence-corrected chi connectivity index (χ0v) is 15.9. The first kappa shape index (κ1) is 17.3. The predicted molar refractivity (Wildman–Crippen MR) is 103 cm³/mol. The number of hydrogen-bond donors (Lipinski definition) is 0. The van der Waals surface area contributed by atoms with E-state index in [0.717, 1.165) is 28.5 Å². The maximum atomic E-state index is 6.36. The van der Waals surface area contributed by atoms with E-state index in [-0.39, 0.29) is 0 Å². The molecule has 0 amide bonds. The van der Waals surface area contributed by atoms with Crippen molar-refractivity contribution >= 4 is 11.6 Å². The molecule has 2 aromatic carbocycles. The number of ether oxygens (including phenoxy) is 1. The second-order valence-corrected chi connectivity index (χ2v) is 6.44. The van der Waals surface area contributed by atoms with E-state index in [1.165, 1.54) is 0 Å². The van der Waals surface area contributed by atoms with Crippen LogP contribution in [0.25, 0.3) is 28.7 Å². The van der Waals surface area contributed by atoms with E-state index in [9.17, 15) is 0 Å². The minimum atomic E-state index is 0.368. The molecule has 0 saturated carbocycles. The fourth-order valence-corrected chi connectivity index (χ4v) is 3.23. The van der Waals surface area contributed by atoms with E-state index >= 15 is 0 Å². The minimum Gasteiger partial charge on any atom is -0.497 e.